The Balaban J connectivity index is 2.83. The lowest BCUT2D eigenvalue weighted by Crippen LogP contribution is -2.11. The number of halogens is 1. The molecule has 0 saturated heterocycles. The van der Waals surface area contributed by atoms with E-state index >= 15 is 0 Å². The molecule has 2 N–H and O–H groups in total. The normalized spacial score (nSPS) is 7.50. The molecule has 4 heteroatoms. The Morgan fingerprint density at radius 2 is 2.50 bits per heavy atom. The predicted molar refractivity (Wildman–Crippen MR) is 29.6 cm³/mol. The highest BCUT2D eigenvalue weighted by atomic mass is 127. The lowest BCUT2D eigenvalue weighted by molar-refractivity contribution is 0.179. The van der Waals surface area contributed by atoms with Gasteiger partial charge in [-0.3, -0.25) is 0 Å². The Bertz CT molecular complexity index is 55.5. The monoisotopic (exact) mass is 201 g/mol. The molecule has 0 bridgehead atoms. The van der Waals surface area contributed by atoms with Crippen LogP contribution in [-0.2, 0) is 4.74 Å². The molecule has 0 atom stereocenters. The summed E-state index contributed by atoms with van der Waals surface area (Å²) >= 11 is 1.88. The van der Waals surface area contributed by atoms with Crippen molar-refractivity contribution in [2.75, 3.05) is 4.61 Å². The third-order valence-corrected chi connectivity index (χ3v) is 0.508. The highest BCUT2D eigenvalue weighted by Crippen LogP contribution is 1.80. The first kappa shape index (κ1) is 6.00. The Morgan fingerprint density at radius 3 is 2.50 bits per heavy atom. The van der Waals surface area contributed by atoms with E-state index in [0.29, 0.717) is 4.61 Å². The van der Waals surface area contributed by atoms with Gasteiger partial charge in [0.2, 0.25) is 0 Å². The molecule has 0 heterocycles. The molecule has 0 saturated carbocycles. The van der Waals surface area contributed by atoms with E-state index in [1.165, 1.54) is 0 Å². The number of ether oxygens (including phenoxy) is 1. The average Bonchev–Trinajstić information content (AvgIpc) is 1.35. The molecule has 6 heavy (non-hydrogen) atoms. The number of amides is 1. The van der Waals surface area contributed by atoms with Gasteiger partial charge in [0.05, 0.1) is 0 Å². The van der Waals surface area contributed by atoms with Gasteiger partial charge in [-0.25, -0.2) is 4.79 Å². The second-order valence-electron chi connectivity index (χ2n) is 0.572. The van der Waals surface area contributed by atoms with Crippen LogP contribution in [0.3, 0.4) is 0 Å². The lowest BCUT2D eigenvalue weighted by atomic mass is 11.3. The van der Waals surface area contributed by atoms with E-state index in [2.05, 4.69) is 10.5 Å². The van der Waals surface area contributed by atoms with E-state index in [1.54, 1.807) is 0 Å². The summed E-state index contributed by atoms with van der Waals surface area (Å²) in [7, 11) is 0. The molecular weight excluding hydrogens is 197 g/mol. The molecule has 36 valence electrons. The Kier molecular flexibility index (Phi) is 3.20. The largest absolute Gasteiger partial charge is 0.439 e. The number of hydrogen-bond acceptors (Lipinski definition) is 2. The summed E-state index contributed by atoms with van der Waals surface area (Å²) in [5.74, 6) is 0. The molecule has 0 unspecified atom stereocenters. The fourth-order valence-corrected chi connectivity index (χ4v) is 0.361. The molecule has 1 amide bonds. The standard InChI is InChI=1S/C2H4INO2/c3-1-6-2(4)5/h1H2,(H2,4,5). The second kappa shape index (κ2) is 3.20. The molecule has 0 aromatic rings. The number of alkyl halides is 1. The van der Waals surface area contributed by atoms with Gasteiger partial charge in [0.25, 0.3) is 0 Å². The van der Waals surface area contributed by atoms with Crippen molar-refractivity contribution < 1.29 is 9.53 Å². The summed E-state index contributed by atoms with van der Waals surface area (Å²) in [6.07, 6.45) is -0.718. The van der Waals surface area contributed by atoms with Gasteiger partial charge >= 0.3 is 6.09 Å². The number of nitrogens with two attached hydrogens (primary N) is 1. The maximum absolute atomic E-state index is 9.59. The number of carbonyl (C=O) groups excluding carboxylic acids is 1. The fourth-order valence-electron chi connectivity index (χ4n) is 0.0538. The quantitative estimate of drug-likeness (QED) is 0.495. The van der Waals surface area contributed by atoms with Crippen LogP contribution >= 0.6 is 22.6 Å². The molecule has 0 radical (unpaired) electrons. The van der Waals surface area contributed by atoms with Crippen LogP contribution in [0.2, 0.25) is 0 Å². The van der Waals surface area contributed by atoms with Gasteiger partial charge in [0.15, 0.2) is 0 Å². The zero-order valence-electron chi connectivity index (χ0n) is 2.98. The minimum atomic E-state index is -0.718. The molecule has 0 aliphatic rings. The maximum Gasteiger partial charge on any atom is 0.405 e. The molecule has 0 aliphatic carbocycles. The van der Waals surface area contributed by atoms with Crippen LogP contribution in [0.4, 0.5) is 4.79 Å². The molecule has 0 spiro atoms. The summed E-state index contributed by atoms with van der Waals surface area (Å²) < 4.78 is 4.49. The maximum atomic E-state index is 9.59. The number of primary amides is 1. The molecule has 0 fully saturated rings. The van der Waals surface area contributed by atoms with Crippen molar-refractivity contribution in [1.82, 2.24) is 0 Å². The van der Waals surface area contributed by atoms with Crippen molar-refractivity contribution in [1.29, 1.82) is 0 Å². The van der Waals surface area contributed by atoms with E-state index < -0.39 is 6.09 Å². The minimum absolute atomic E-state index is 0.326. The third kappa shape index (κ3) is 4.00. The summed E-state index contributed by atoms with van der Waals surface area (Å²) in [5, 5.41) is 0. The predicted octanol–water partition coefficient (Wildman–Crippen LogP) is 0.474. The fraction of sp³-hybridized carbons (Fsp3) is 0.500. The first-order valence-corrected chi connectivity index (χ1v) is 2.78. The van der Waals surface area contributed by atoms with Crippen molar-refractivity contribution in [3.63, 3.8) is 0 Å². The van der Waals surface area contributed by atoms with E-state index in [1.807, 2.05) is 22.6 Å². The van der Waals surface area contributed by atoms with Crippen LogP contribution < -0.4 is 5.73 Å². The van der Waals surface area contributed by atoms with Crippen molar-refractivity contribution in [3.05, 3.63) is 0 Å². The van der Waals surface area contributed by atoms with Gasteiger partial charge in [-0.15, -0.1) is 0 Å². The van der Waals surface area contributed by atoms with Crippen LogP contribution in [0.1, 0.15) is 0 Å². The van der Waals surface area contributed by atoms with Gasteiger partial charge < -0.3 is 10.5 Å². The topological polar surface area (TPSA) is 52.3 Å². The molecule has 0 aromatic heterocycles. The lowest BCUT2D eigenvalue weighted by Gasteiger charge is -1.87. The smallest absolute Gasteiger partial charge is 0.405 e. The summed E-state index contributed by atoms with van der Waals surface area (Å²) in [4.78, 5) is 9.59. The van der Waals surface area contributed by atoms with Crippen molar-refractivity contribution in [2.45, 2.75) is 0 Å². The van der Waals surface area contributed by atoms with Crippen LogP contribution in [-0.4, -0.2) is 10.7 Å². The SMILES string of the molecule is NC(=O)OCI. The van der Waals surface area contributed by atoms with E-state index in [4.69, 9.17) is 0 Å². The van der Waals surface area contributed by atoms with Crippen molar-refractivity contribution >= 4 is 28.7 Å². The van der Waals surface area contributed by atoms with E-state index in [-0.39, 0.29) is 0 Å². The Hall–Kier alpha value is 0. The molecular formula is C2H4INO2. The van der Waals surface area contributed by atoms with Crippen LogP contribution in [0.15, 0.2) is 0 Å². The summed E-state index contributed by atoms with van der Waals surface area (Å²) in [5.41, 5.74) is 4.54. The zero-order chi connectivity index (χ0) is 4.99. The molecule has 0 aromatic carbocycles. The zero-order valence-corrected chi connectivity index (χ0v) is 5.14. The number of carbonyl (C=O) groups is 1. The highest BCUT2D eigenvalue weighted by Gasteiger charge is 1.83. The van der Waals surface area contributed by atoms with Gasteiger partial charge in [-0.2, -0.15) is 0 Å². The van der Waals surface area contributed by atoms with E-state index in [9.17, 15) is 4.79 Å². The number of rotatable bonds is 1. The summed E-state index contributed by atoms with van der Waals surface area (Å²) in [6, 6.07) is 0. The number of hydrogen-bond donors (Lipinski definition) is 1. The minimum Gasteiger partial charge on any atom is -0.439 e. The molecule has 0 rings (SSSR count). The molecule has 0 aliphatic heterocycles. The Morgan fingerprint density at radius 1 is 2.00 bits per heavy atom. The molecule has 3 nitrogen and oxygen atoms in total. The van der Waals surface area contributed by atoms with Gasteiger partial charge in [0, 0.05) is 0 Å². The van der Waals surface area contributed by atoms with Crippen LogP contribution in [0, 0.1) is 0 Å². The van der Waals surface area contributed by atoms with Crippen LogP contribution in [0.5, 0.6) is 0 Å². The average molecular weight is 201 g/mol. The summed E-state index contributed by atoms with van der Waals surface area (Å²) in [6.45, 7) is 0. The van der Waals surface area contributed by atoms with E-state index in [0.717, 1.165) is 0 Å². The first-order chi connectivity index (χ1) is 2.77. The van der Waals surface area contributed by atoms with Crippen molar-refractivity contribution in [2.24, 2.45) is 5.73 Å². The van der Waals surface area contributed by atoms with Crippen LogP contribution in [0.25, 0.3) is 0 Å². The van der Waals surface area contributed by atoms with Gasteiger partial charge in [0.1, 0.15) is 4.61 Å². The third-order valence-electron chi connectivity index (χ3n) is 0.197. The Labute approximate surface area is 49.0 Å². The van der Waals surface area contributed by atoms with Gasteiger partial charge in [-0.1, -0.05) is 0 Å². The highest BCUT2D eigenvalue weighted by molar-refractivity contribution is 14.1. The van der Waals surface area contributed by atoms with Crippen molar-refractivity contribution in [3.8, 4) is 0 Å². The van der Waals surface area contributed by atoms with Gasteiger partial charge in [-0.05, 0) is 22.6 Å². The first-order valence-electron chi connectivity index (χ1n) is 1.25. The second-order valence-corrected chi connectivity index (χ2v) is 1.20.